The zero-order valence-electron chi connectivity index (χ0n) is 11.8. The largest absolute Gasteiger partial charge is 0.351 e. The Labute approximate surface area is 126 Å². The van der Waals surface area contributed by atoms with E-state index >= 15 is 0 Å². The molecule has 0 fully saturated rings. The van der Waals surface area contributed by atoms with Crippen LogP contribution in [0.25, 0.3) is 0 Å². The van der Waals surface area contributed by atoms with Crippen LogP contribution in [0.15, 0.2) is 24.3 Å². The van der Waals surface area contributed by atoms with Gasteiger partial charge in [0.2, 0.25) is 5.91 Å². The Bertz CT molecular complexity index is 543. The molecule has 1 rings (SSSR count). The number of halogens is 1. The first-order valence-corrected chi connectivity index (χ1v) is 8.05. The standard InChI is InChI=1S/C13H20N2O3S.ClH/c1-9-4-6-11(7-5-9)12(14)13(16)15-10(2)8-19(3,17)18;/h4-7,10,12H,8,14H2,1-3H3,(H,15,16);1H. The third kappa shape index (κ3) is 6.36. The second kappa shape index (κ2) is 7.61. The van der Waals surface area contributed by atoms with E-state index in [9.17, 15) is 13.2 Å². The Kier molecular flexibility index (Phi) is 7.19. The number of hydrogen-bond donors (Lipinski definition) is 2. The maximum absolute atomic E-state index is 11.9. The van der Waals surface area contributed by atoms with E-state index in [0.29, 0.717) is 5.56 Å². The maximum atomic E-state index is 11.9. The van der Waals surface area contributed by atoms with Crippen LogP contribution in [0.1, 0.15) is 24.1 Å². The first-order valence-electron chi connectivity index (χ1n) is 5.99. The lowest BCUT2D eigenvalue weighted by atomic mass is 10.1. The predicted molar refractivity (Wildman–Crippen MR) is 82.7 cm³/mol. The molecule has 0 spiro atoms. The molecule has 0 radical (unpaired) electrons. The van der Waals surface area contributed by atoms with Gasteiger partial charge in [-0.25, -0.2) is 8.42 Å². The Morgan fingerprint density at radius 2 is 1.80 bits per heavy atom. The molecule has 0 aromatic heterocycles. The SMILES string of the molecule is Cc1ccc(C(N)C(=O)NC(C)CS(C)(=O)=O)cc1.Cl. The average molecular weight is 321 g/mol. The summed E-state index contributed by atoms with van der Waals surface area (Å²) in [6, 6.07) is 6.09. The van der Waals surface area contributed by atoms with Crippen molar-refractivity contribution < 1.29 is 13.2 Å². The molecule has 114 valence electrons. The minimum absolute atomic E-state index is 0. The van der Waals surface area contributed by atoms with Crippen LogP contribution in [-0.4, -0.2) is 32.4 Å². The highest BCUT2D eigenvalue weighted by Crippen LogP contribution is 2.11. The third-order valence-electron chi connectivity index (χ3n) is 2.66. The fourth-order valence-electron chi connectivity index (χ4n) is 1.75. The Morgan fingerprint density at radius 3 is 2.25 bits per heavy atom. The quantitative estimate of drug-likeness (QED) is 0.846. The van der Waals surface area contributed by atoms with E-state index in [2.05, 4.69) is 5.32 Å². The molecule has 3 N–H and O–H groups in total. The summed E-state index contributed by atoms with van der Waals surface area (Å²) in [6.07, 6.45) is 1.13. The van der Waals surface area contributed by atoms with Crippen molar-refractivity contribution in [2.45, 2.75) is 25.9 Å². The summed E-state index contributed by atoms with van der Waals surface area (Å²) in [7, 11) is -3.12. The molecule has 2 unspecified atom stereocenters. The fourth-order valence-corrected chi connectivity index (χ4v) is 2.75. The molecule has 5 nitrogen and oxygen atoms in total. The molecule has 0 heterocycles. The highest BCUT2D eigenvalue weighted by atomic mass is 35.5. The van der Waals surface area contributed by atoms with E-state index < -0.39 is 21.9 Å². The number of amides is 1. The number of hydrogen-bond acceptors (Lipinski definition) is 4. The van der Waals surface area contributed by atoms with Crippen LogP contribution in [0.5, 0.6) is 0 Å². The average Bonchev–Trinajstić information content (AvgIpc) is 2.26. The number of carbonyl (C=O) groups excluding carboxylic acids is 1. The molecule has 1 aromatic rings. The van der Waals surface area contributed by atoms with Crippen LogP contribution in [-0.2, 0) is 14.6 Å². The van der Waals surface area contributed by atoms with Crippen molar-refractivity contribution in [1.29, 1.82) is 0 Å². The number of rotatable bonds is 5. The van der Waals surface area contributed by atoms with Crippen molar-refractivity contribution in [3.05, 3.63) is 35.4 Å². The molecule has 0 aliphatic rings. The van der Waals surface area contributed by atoms with Crippen LogP contribution < -0.4 is 11.1 Å². The van der Waals surface area contributed by atoms with Gasteiger partial charge >= 0.3 is 0 Å². The number of aryl methyl sites for hydroxylation is 1. The summed E-state index contributed by atoms with van der Waals surface area (Å²) >= 11 is 0. The molecule has 7 heteroatoms. The second-order valence-corrected chi connectivity index (χ2v) is 7.08. The number of benzene rings is 1. The van der Waals surface area contributed by atoms with Gasteiger partial charge in [-0.1, -0.05) is 29.8 Å². The van der Waals surface area contributed by atoms with E-state index in [1.54, 1.807) is 19.1 Å². The van der Waals surface area contributed by atoms with Gasteiger partial charge < -0.3 is 11.1 Å². The molecule has 0 bridgehead atoms. The van der Waals surface area contributed by atoms with Crippen molar-refractivity contribution in [3.63, 3.8) is 0 Å². The summed E-state index contributed by atoms with van der Waals surface area (Å²) < 4.78 is 22.2. The van der Waals surface area contributed by atoms with Crippen LogP contribution in [0.3, 0.4) is 0 Å². The Morgan fingerprint density at radius 1 is 1.30 bits per heavy atom. The number of sulfone groups is 1. The lowest BCUT2D eigenvalue weighted by Crippen LogP contribution is -2.42. The van der Waals surface area contributed by atoms with Gasteiger partial charge in [0.25, 0.3) is 0 Å². The highest BCUT2D eigenvalue weighted by molar-refractivity contribution is 7.90. The van der Waals surface area contributed by atoms with E-state index in [-0.39, 0.29) is 24.1 Å². The van der Waals surface area contributed by atoms with Crippen LogP contribution in [0, 0.1) is 6.92 Å². The first-order chi connectivity index (χ1) is 8.69. The predicted octanol–water partition coefficient (Wildman–Crippen LogP) is 0.966. The van der Waals surface area contributed by atoms with Crippen molar-refractivity contribution in [2.24, 2.45) is 5.73 Å². The summed E-state index contributed by atoms with van der Waals surface area (Å²) in [5.74, 6) is -0.473. The van der Waals surface area contributed by atoms with E-state index in [4.69, 9.17) is 5.73 Å². The summed E-state index contributed by atoms with van der Waals surface area (Å²) in [6.45, 7) is 3.59. The van der Waals surface area contributed by atoms with Crippen molar-refractivity contribution >= 4 is 28.2 Å². The van der Waals surface area contributed by atoms with Crippen molar-refractivity contribution in [1.82, 2.24) is 5.32 Å². The first kappa shape index (κ1) is 18.9. The molecular weight excluding hydrogens is 300 g/mol. The third-order valence-corrected chi connectivity index (χ3v) is 3.77. The molecule has 0 aliphatic heterocycles. The minimum Gasteiger partial charge on any atom is -0.351 e. The molecule has 0 aliphatic carbocycles. The Balaban J connectivity index is 0.00000361. The molecule has 0 saturated carbocycles. The maximum Gasteiger partial charge on any atom is 0.241 e. The van der Waals surface area contributed by atoms with Gasteiger partial charge in [0.05, 0.1) is 5.75 Å². The topological polar surface area (TPSA) is 89.3 Å². The lowest BCUT2D eigenvalue weighted by molar-refractivity contribution is -0.122. The van der Waals surface area contributed by atoms with Gasteiger partial charge in [-0.2, -0.15) is 0 Å². The van der Waals surface area contributed by atoms with E-state index in [1.807, 2.05) is 19.1 Å². The molecule has 1 amide bonds. The fraction of sp³-hybridized carbons (Fsp3) is 0.462. The zero-order valence-corrected chi connectivity index (χ0v) is 13.4. The van der Waals surface area contributed by atoms with Crippen molar-refractivity contribution in [3.8, 4) is 0 Å². The number of carbonyl (C=O) groups is 1. The number of nitrogens with one attached hydrogen (secondary N) is 1. The highest BCUT2D eigenvalue weighted by Gasteiger charge is 2.19. The molecular formula is C13H21ClN2O3S. The second-order valence-electron chi connectivity index (χ2n) is 4.89. The molecule has 0 saturated heterocycles. The monoisotopic (exact) mass is 320 g/mol. The van der Waals surface area contributed by atoms with Gasteiger partial charge in [0, 0.05) is 12.3 Å². The van der Waals surface area contributed by atoms with Crippen LogP contribution in [0.4, 0.5) is 0 Å². The van der Waals surface area contributed by atoms with Gasteiger partial charge in [-0.15, -0.1) is 12.4 Å². The lowest BCUT2D eigenvalue weighted by Gasteiger charge is -2.17. The summed E-state index contributed by atoms with van der Waals surface area (Å²) in [5.41, 5.74) is 7.63. The van der Waals surface area contributed by atoms with Crippen LogP contribution >= 0.6 is 12.4 Å². The molecule has 2 atom stereocenters. The van der Waals surface area contributed by atoms with Gasteiger partial charge in [0.15, 0.2) is 0 Å². The Hall–Kier alpha value is -1.11. The summed E-state index contributed by atoms with van der Waals surface area (Å²) in [5, 5.41) is 2.61. The number of nitrogens with two attached hydrogens (primary N) is 1. The minimum atomic E-state index is -3.12. The van der Waals surface area contributed by atoms with Gasteiger partial charge in [0.1, 0.15) is 15.9 Å². The van der Waals surface area contributed by atoms with Crippen LogP contribution in [0.2, 0.25) is 0 Å². The van der Waals surface area contributed by atoms with Crippen molar-refractivity contribution in [2.75, 3.05) is 12.0 Å². The van der Waals surface area contributed by atoms with Gasteiger partial charge in [-0.05, 0) is 19.4 Å². The normalized spacial score (nSPS) is 14.0. The van der Waals surface area contributed by atoms with Gasteiger partial charge in [-0.3, -0.25) is 4.79 Å². The van der Waals surface area contributed by atoms with E-state index in [1.165, 1.54) is 0 Å². The molecule has 20 heavy (non-hydrogen) atoms. The smallest absolute Gasteiger partial charge is 0.241 e. The molecule has 1 aromatic carbocycles. The zero-order chi connectivity index (χ0) is 14.6. The van der Waals surface area contributed by atoms with E-state index in [0.717, 1.165) is 11.8 Å². The summed E-state index contributed by atoms with van der Waals surface area (Å²) in [4.78, 5) is 11.9.